The Balaban J connectivity index is 2.23. The average molecular weight is 288 g/mol. The number of aromatic amines is 1. The van der Waals surface area contributed by atoms with Crippen molar-refractivity contribution in [2.45, 2.75) is 24.8 Å². The van der Waals surface area contributed by atoms with Gasteiger partial charge in [-0.2, -0.15) is 0 Å². The Morgan fingerprint density at radius 1 is 1.52 bits per heavy atom. The molecule has 1 saturated carbocycles. The normalized spacial score (nSPS) is 34.6. The molecule has 1 fully saturated rings. The van der Waals surface area contributed by atoms with Crippen LogP contribution in [-0.2, 0) is 12.0 Å². The fourth-order valence-corrected chi connectivity index (χ4v) is 4.72. The minimum absolute atomic E-state index is 0.0310. The van der Waals surface area contributed by atoms with Crippen LogP contribution in [0.4, 0.5) is 0 Å². The van der Waals surface area contributed by atoms with Crippen LogP contribution in [0.2, 0.25) is 0 Å². The fraction of sp³-hybridized carbons (Fsp3) is 0.588. The molecule has 2 bridgehead atoms. The highest BCUT2D eigenvalue weighted by molar-refractivity contribution is 5.36. The lowest BCUT2D eigenvalue weighted by atomic mass is 9.55. The highest BCUT2D eigenvalue weighted by Gasteiger charge is 2.53. The van der Waals surface area contributed by atoms with Gasteiger partial charge in [-0.3, -0.25) is 9.69 Å². The van der Waals surface area contributed by atoms with E-state index in [9.17, 15) is 9.90 Å². The summed E-state index contributed by atoms with van der Waals surface area (Å²) in [6, 6.07) is 3.59. The number of pyridine rings is 1. The molecule has 0 spiro atoms. The number of hydrogen-bond acceptors (Lipinski definition) is 3. The third-order valence-electron chi connectivity index (χ3n) is 5.54. The Morgan fingerprint density at radius 2 is 2.29 bits per heavy atom. The quantitative estimate of drug-likeness (QED) is 0.829. The SMILES string of the molecule is C=C[C@@H]1[C@@H]2Cc3[nH]c(=O)ccc3[C@@]1(N(C)C)C[C@H](CO)C2. The first kappa shape index (κ1) is 14.5. The summed E-state index contributed by atoms with van der Waals surface area (Å²) in [6.45, 7) is 4.31. The van der Waals surface area contributed by atoms with Crippen LogP contribution < -0.4 is 5.56 Å². The largest absolute Gasteiger partial charge is 0.396 e. The Morgan fingerprint density at radius 3 is 2.90 bits per heavy atom. The van der Waals surface area contributed by atoms with Crippen molar-refractivity contribution in [2.24, 2.45) is 17.8 Å². The Hall–Kier alpha value is -1.39. The van der Waals surface area contributed by atoms with Crippen LogP contribution in [0.1, 0.15) is 24.1 Å². The smallest absolute Gasteiger partial charge is 0.248 e. The number of hydrogen-bond donors (Lipinski definition) is 2. The van der Waals surface area contributed by atoms with Crippen LogP contribution in [0.25, 0.3) is 0 Å². The summed E-state index contributed by atoms with van der Waals surface area (Å²) < 4.78 is 0. The van der Waals surface area contributed by atoms with E-state index in [1.807, 2.05) is 6.07 Å². The first-order valence-corrected chi connectivity index (χ1v) is 7.66. The van der Waals surface area contributed by atoms with E-state index in [2.05, 4.69) is 36.6 Å². The molecule has 4 atom stereocenters. The fourth-order valence-electron chi connectivity index (χ4n) is 4.72. The van der Waals surface area contributed by atoms with Gasteiger partial charge in [0.2, 0.25) is 5.56 Å². The van der Waals surface area contributed by atoms with E-state index in [-0.39, 0.29) is 17.7 Å². The number of rotatable bonds is 3. The van der Waals surface area contributed by atoms with E-state index >= 15 is 0 Å². The van der Waals surface area contributed by atoms with Gasteiger partial charge in [0.15, 0.2) is 0 Å². The van der Waals surface area contributed by atoms with E-state index in [4.69, 9.17) is 0 Å². The summed E-state index contributed by atoms with van der Waals surface area (Å²) in [6.07, 6.45) is 4.85. The van der Waals surface area contributed by atoms with Crippen LogP contribution in [-0.4, -0.2) is 35.7 Å². The van der Waals surface area contributed by atoms with Crippen LogP contribution >= 0.6 is 0 Å². The number of aliphatic hydroxyl groups excluding tert-OH is 1. The zero-order chi connectivity index (χ0) is 15.2. The first-order valence-electron chi connectivity index (χ1n) is 7.66. The molecule has 1 heterocycles. The van der Waals surface area contributed by atoms with E-state index < -0.39 is 0 Å². The molecule has 0 aromatic carbocycles. The Labute approximate surface area is 125 Å². The van der Waals surface area contributed by atoms with E-state index in [1.165, 1.54) is 5.56 Å². The van der Waals surface area contributed by atoms with E-state index in [0.29, 0.717) is 17.8 Å². The number of aliphatic hydroxyl groups is 1. The molecule has 2 aliphatic carbocycles. The predicted molar refractivity (Wildman–Crippen MR) is 83.1 cm³/mol. The molecule has 0 saturated heterocycles. The summed E-state index contributed by atoms with van der Waals surface area (Å²) in [5.41, 5.74) is 2.06. The second kappa shape index (κ2) is 5.11. The number of nitrogens with one attached hydrogen (secondary N) is 1. The van der Waals surface area contributed by atoms with Crippen molar-refractivity contribution >= 4 is 0 Å². The van der Waals surface area contributed by atoms with Crippen molar-refractivity contribution in [3.05, 3.63) is 46.4 Å². The molecule has 0 amide bonds. The molecule has 0 aliphatic heterocycles. The maximum atomic E-state index is 11.7. The molecule has 1 aromatic heterocycles. The number of fused-ring (bicyclic) bond motifs is 4. The molecule has 0 unspecified atom stereocenters. The molecular formula is C17H24N2O2. The summed E-state index contributed by atoms with van der Waals surface area (Å²) in [7, 11) is 4.18. The molecule has 0 radical (unpaired) electrons. The van der Waals surface area contributed by atoms with Gasteiger partial charge in [0.05, 0.1) is 5.54 Å². The highest BCUT2D eigenvalue weighted by Crippen LogP contribution is 2.54. The van der Waals surface area contributed by atoms with Gasteiger partial charge in [-0.05, 0) is 56.8 Å². The van der Waals surface area contributed by atoms with Crippen LogP contribution in [0.15, 0.2) is 29.6 Å². The van der Waals surface area contributed by atoms with Gasteiger partial charge >= 0.3 is 0 Å². The summed E-state index contributed by atoms with van der Waals surface area (Å²) in [4.78, 5) is 17.0. The topological polar surface area (TPSA) is 56.3 Å². The van der Waals surface area contributed by atoms with Crippen molar-refractivity contribution in [3.8, 4) is 0 Å². The zero-order valence-corrected chi connectivity index (χ0v) is 12.8. The average Bonchev–Trinajstić information content (AvgIpc) is 2.45. The van der Waals surface area contributed by atoms with Crippen LogP contribution in [0.5, 0.6) is 0 Å². The molecule has 1 aromatic rings. The molecule has 4 heteroatoms. The van der Waals surface area contributed by atoms with Gasteiger partial charge in [-0.25, -0.2) is 0 Å². The molecule has 4 nitrogen and oxygen atoms in total. The number of nitrogens with zero attached hydrogens (tertiary/aromatic N) is 1. The number of H-pyrrole nitrogens is 1. The van der Waals surface area contributed by atoms with Crippen molar-refractivity contribution in [1.29, 1.82) is 0 Å². The summed E-state index contributed by atoms with van der Waals surface area (Å²) in [5.74, 6) is 1.10. The van der Waals surface area contributed by atoms with E-state index in [0.717, 1.165) is 25.0 Å². The lowest BCUT2D eigenvalue weighted by molar-refractivity contribution is -0.0304. The van der Waals surface area contributed by atoms with Crippen molar-refractivity contribution in [1.82, 2.24) is 9.88 Å². The lowest BCUT2D eigenvalue weighted by Gasteiger charge is -2.57. The third kappa shape index (κ3) is 2.00. The monoisotopic (exact) mass is 288 g/mol. The summed E-state index contributed by atoms with van der Waals surface area (Å²) in [5, 5.41) is 9.69. The maximum absolute atomic E-state index is 11.7. The van der Waals surface area contributed by atoms with Gasteiger partial charge < -0.3 is 10.1 Å². The summed E-state index contributed by atoms with van der Waals surface area (Å²) >= 11 is 0. The third-order valence-corrected chi connectivity index (χ3v) is 5.54. The lowest BCUT2D eigenvalue weighted by Crippen LogP contribution is -2.57. The molecule has 114 valence electrons. The minimum atomic E-state index is -0.171. The second-order valence-corrected chi connectivity index (χ2v) is 6.75. The molecule has 2 aliphatic rings. The molecule has 21 heavy (non-hydrogen) atoms. The minimum Gasteiger partial charge on any atom is -0.396 e. The zero-order valence-electron chi connectivity index (χ0n) is 12.8. The number of aromatic nitrogens is 1. The van der Waals surface area contributed by atoms with Gasteiger partial charge in [-0.1, -0.05) is 6.08 Å². The predicted octanol–water partition coefficient (Wildman–Crippen LogP) is 1.51. The maximum Gasteiger partial charge on any atom is 0.248 e. The van der Waals surface area contributed by atoms with Crippen molar-refractivity contribution in [3.63, 3.8) is 0 Å². The van der Waals surface area contributed by atoms with Crippen molar-refractivity contribution < 1.29 is 5.11 Å². The molecule has 2 N–H and O–H groups in total. The Bertz CT molecular complexity index is 607. The molecule has 3 rings (SSSR count). The van der Waals surface area contributed by atoms with Gasteiger partial charge in [0, 0.05) is 24.3 Å². The highest BCUT2D eigenvalue weighted by atomic mass is 16.3. The first-order chi connectivity index (χ1) is 10.0. The standard InChI is InChI=1S/C17H24N2O2/c1-4-13-12-7-11(10-20)9-17(13,19(2)3)14-5-6-16(21)18-15(14)8-12/h4-6,11-13,20H,1,7-10H2,2-3H3,(H,18,21)/t11-,12+,13-,17-/m1/s1. The van der Waals surface area contributed by atoms with Crippen molar-refractivity contribution in [2.75, 3.05) is 20.7 Å². The van der Waals surface area contributed by atoms with Crippen LogP contribution in [0.3, 0.4) is 0 Å². The van der Waals surface area contributed by atoms with Crippen LogP contribution in [0, 0.1) is 17.8 Å². The van der Waals surface area contributed by atoms with Gasteiger partial charge in [0.25, 0.3) is 0 Å². The van der Waals surface area contributed by atoms with Gasteiger partial charge in [0.1, 0.15) is 0 Å². The second-order valence-electron chi connectivity index (χ2n) is 6.75. The van der Waals surface area contributed by atoms with Gasteiger partial charge in [-0.15, -0.1) is 6.58 Å². The van der Waals surface area contributed by atoms with E-state index in [1.54, 1.807) is 6.07 Å². The Kier molecular flexibility index (Phi) is 3.54. The molecular weight excluding hydrogens is 264 g/mol.